The maximum absolute atomic E-state index is 11.9. The molecule has 108 valence electrons. The van der Waals surface area contributed by atoms with E-state index in [0.29, 0.717) is 11.5 Å². The lowest BCUT2D eigenvalue weighted by Gasteiger charge is -2.35. The number of nitrogens with zero attached hydrogens (tertiary/aromatic N) is 1. The van der Waals surface area contributed by atoms with Crippen molar-refractivity contribution in [2.24, 2.45) is 10.4 Å². The zero-order valence-electron chi connectivity index (χ0n) is 12.1. The fraction of sp³-hybridized carbons (Fsp3) is 0.625. The number of ether oxygens (including phenoxy) is 2. The first-order valence-electron chi connectivity index (χ1n) is 7.27. The standard InChI is InChI=1S/C16H21NO3/c1-19-13-12(18)6-9-15(14(13)20-2)10-16(17-11-15)7-4-3-5-8-16/h6,9,11H,3-5,7-8,10H2,1-2H3. The molecular weight excluding hydrogens is 254 g/mol. The maximum Gasteiger partial charge on any atom is 0.223 e. The van der Waals surface area contributed by atoms with Crippen molar-refractivity contribution in [2.75, 3.05) is 14.2 Å². The van der Waals surface area contributed by atoms with Gasteiger partial charge in [0.2, 0.25) is 11.5 Å². The molecule has 2 spiro atoms. The topological polar surface area (TPSA) is 47.9 Å². The van der Waals surface area contributed by atoms with Gasteiger partial charge < -0.3 is 9.47 Å². The Morgan fingerprint density at radius 1 is 1.15 bits per heavy atom. The summed E-state index contributed by atoms with van der Waals surface area (Å²) in [4.78, 5) is 16.7. The summed E-state index contributed by atoms with van der Waals surface area (Å²) >= 11 is 0. The second kappa shape index (κ2) is 4.76. The molecule has 0 amide bonds. The molecule has 1 unspecified atom stereocenters. The molecule has 0 radical (unpaired) electrons. The Morgan fingerprint density at radius 3 is 2.55 bits per heavy atom. The summed E-state index contributed by atoms with van der Waals surface area (Å²) in [5.41, 5.74) is -0.364. The minimum Gasteiger partial charge on any atom is -0.496 e. The Morgan fingerprint density at radius 2 is 1.90 bits per heavy atom. The third-order valence-corrected chi connectivity index (χ3v) is 4.77. The number of carbonyl (C=O) groups excluding carboxylic acids is 1. The molecule has 0 saturated heterocycles. The fourth-order valence-corrected chi connectivity index (χ4v) is 3.82. The molecule has 1 aliphatic heterocycles. The van der Waals surface area contributed by atoms with Crippen molar-refractivity contribution in [3.8, 4) is 0 Å². The molecule has 1 atom stereocenters. The van der Waals surface area contributed by atoms with Crippen molar-refractivity contribution >= 4 is 12.0 Å². The summed E-state index contributed by atoms with van der Waals surface area (Å²) in [7, 11) is 3.11. The quantitative estimate of drug-likeness (QED) is 0.778. The van der Waals surface area contributed by atoms with E-state index in [2.05, 4.69) is 0 Å². The van der Waals surface area contributed by atoms with E-state index in [9.17, 15) is 4.79 Å². The normalized spacial score (nSPS) is 31.4. The number of allylic oxidation sites excluding steroid dienone is 2. The van der Waals surface area contributed by atoms with Crippen LogP contribution in [-0.4, -0.2) is 31.8 Å². The van der Waals surface area contributed by atoms with Gasteiger partial charge >= 0.3 is 0 Å². The van der Waals surface area contributed by atoms with Crippen LogP contribution in [-0.2, 0) is 14.3 Å². The van der Waals surface area contributed by atoms with Gasteiger partial charge in [0.05, 0.1) is 25.2 Å². The second-order valence-corrected chi connectivity index (χ2v) is 6.02. The molecular formula is C16H21NO3. The van der Waals surface area contributed by atoms with E-state index < -0.39 is 5.41 Å². The van der Waals surface area contributed by atoms with Crippen LogP contribution in [0.4, 0.5) is 0 Å². The summed E-state index contributed by atoms with van der Waals surface area (Å²) in [5, 5.41) is 0. The van der Waals surface area contributed by atoms with E-state index in [4.69, 9.17) is 14.5 Å². The molecule has 3 aliphatic rings. The molecule has 0 aromatic rings. The molecule has 0 N–H and O–H groups in total. The van der Waals surface area contributed by atoms with Crippen molar-refractivity contribution in [3.05, 3.63) is 23.7 Å². The van der Waals surface area contributed by atoms with E-state index in [1.807, 2.05) is 12.3 Å². The highest BCUT2D eigenvalue weighted by molar-refractivity contribution is 6.05. The molecule has 3 rings (SSSR count). The fourth-order valence-electron chi connectivity index (χ4n) is 3.82. The van der Waals surface area contributed by atoms with E-state index in [1.165, 1.54) is 26.4 Å². The predicted molar refractivity (Wildman–Crippen MR) is 76.5 cm³/mol. The first-order valence-corrected chi connectivity index (χ1v) is 7.27. The maximum atomic E-state index is 11.9. The van der Waals surface area contributed by atoms with Gasteiger partial charge in [-0.05, 0) is 25.3 Å². The lowest BCUT2D eigenvalue weighted by Crippen LogP contribution is -2.35. The molecule has 4 heteroatoms. The molecule has 2 aliphatic carbocycles. The third kappa shape index (κ3) is 1.89. The van der Waals surface area contributed by atoms with Gasteiger partial charge in [0.25, 0.3) is 0 Å². The van der Waals surface area contributed by atoms with Gasteiger partial charge in [0, 0.05) is 6.21 Å². The van der Waals surface area contributed by atoms with Gasteiger partial charge in [-0.1, -0.05) is 25.3 Å². The Hall–Kier alpha value is -1.58. The third-order valence-electron chi connectivity index (χ3n) is 4.77. The largest absolute Gasteiger partial charge is 0.496 e. The Kier molecular flexibility index (Phi) is 3.19. The first kappa shape index (κ1) is 13.4. The highest BCUT2D eigenvalue weighted by Gasteiger charge is 2.50. The average Bonchev–Trinajstić information content (AvgIpc) is 2.81. The molecule has 0 bridgehead atoms. The minimum absolute atomic E-state index is 0.0333. The lowest BCUT2D eigenvalue weighted by atomic mass is 9.71. The minimum atomic E-state index is -0.397. The van der Waals surface area contributed by atoms with Crippen LogP contribution in [0.3, 0.4) is 0 Å². The van der Waals surface area contributed by atoms with Gasteiger partial charge in [-0.15, -0.1) is 0 Å². The molecule has 4 nitrogen and oxygen atoms in total. The van der Waals surface area contributed by atoms with Gasteiger partial charge in [-0.3, -0.25) is 9.79 Å². The number of hydrogen-bond acceptors (Lipinski definition) is 4. The summed E-state index contributed by atoms with van der Waals surface area (Å²) in [6, 6.07) is 0. The lowest BCUT2D eigenvalue weighted by molar-refractivity contribution is -0.115. The van der Waals surface area contributed by atoms with Crippen LogP contribution in [0, 0.1) is 5.41 Å². The zero-order chi connectivity index (χ0) is 14.2. The van der Waals surface area contributed by atoms with Crippen LogP contribution in [0.5, 0.6) is 0 Å². The van der Waals surface area contributed by atoms with Gasteiger partial charge in [-0.25, -0.2) is 0 Å². The molecule has 20 heavy (non-hydrogen) atoms. The molecule has 0 aromatic carbocycles. The zero-order valence-corrected chi connectivity index (χ0v) is 12.1. The summed E-state index contributed by atoms with van der Waals surface area (Å²) in [5.74, 6) is 0.793. The van der Waals surface area contributed by atoms with E-state index >= 15 is 0 Å². The number of ketones is 1. The number of aliphatic imine (C=N–C) groups is 1. The van der Waals surface area contributed by atoms with Crippen LogP contribution < -0.4 is 0 Å². The SMILES string of the molecule is COC1=C(OC)C2(C=CC1=O)C=NC1(CCCCC1)C2. The van der Waals surface area contributed by atoms with Crippen LogP contribution >= 0.6 is 0 Å². The first-order chi connectivity index (χ1) is 9.65. The van der Waals surface area contributed by atoms with Crippen molar-refractivity contribution in [2.45, 2.75) is 44.1 Å². The smallest absolute Gasteiger partial charge is 0.223 e. The van der Waals surface area contributed by atoms with Gasteiger partial charge in [-0.2, -0.15) is 0 Å². The highest BCUT2D eigenvalue weighted by Crippen LogP contribution is 2.50. The summed E-state index contributed by atoms with van der Waals surface area (Å²) in [6.45, 7) is 0. The van der Waals surface area contributed by atoms with E-state index in [-0.39, 0.29) is 11.3 Å². The number of methoxy groups -OCH3 is 2. The van der Waals surface area contributed by atoms with Gasteiger partial charge in [0.15, 0.2) is 5.76 Å². The van der Waals surface area contributed by atoms with Crippen LogP contribution in [0.25, 0.3) is 0 Å². The second-order valence-electron chi connectivity index (χ2n) is 6.02. The molecule has 1 saturated carbocycles. The van der Waals surface area contributed by atoms with E-state index in [0.717, 1.165) is 19.3 Å². The van der Waals surface area contributed by atoms with Crippen molar-refractivity contribution in [1.29, 1.82) is 0 Å². The van der Waals surface area contributed by atoms with Crippen LogP contribution in [0.1, 0.15) is 38.5 Å². The van der Waals surface area contributed by atoms with Crippen LogP contribution in [0.15, 0.2) is 28.7 Å². The highest BCUT2D eigenvalue weighted by atomic mass is 16.5. The number of carbonyl (C=O) groups is 1. The van der Waals surface area contributed by atoms with E-state index in [1.54, 1.807) is 13.2 Å². The van der Waals surface area contributed by atoms with Crippen LogP contribution in [0.2, 0.25) is 0 Å². The Bertz CT molecular complexity index is 512. The summed E-state index contributed by atoms with van der Waals surface area (Å²) < 4.78 is 10.8. The molecule has 1 heterocycles. The van der Waals surface area contributed by atoms with Gasteiger partial charge in [0.1, 0.15) is 0 Å². The summed E-state index contributed by atoms with van der Waals surface area (Å²) in [6.07, 6.45) is 12.4. The molecule has 0 aromatic heterocycles. The van der Waals surface area contributed by atoms with Crippen molar-refractivity contribution < 1.29 is 14.3 Å². The van der Waals surface area contributed by atoms with Crippen molar-refractivity contribution in [1.82, 2.24) is 0 Å². The average molecular weight is 275 g/mol. The van der Waals surface area contributed by atoms with Crippen molar-refractivity contribution in [3.63, 3.8) is 0 Å². The Balaban J connectivity index is 1.97. The Labute approximate surface area is 119 Å². The molecule has 1 fully saturated rings. The number of rotatable bonds is 2. The predicted octanol–water partition coefficient (Wildman–Crippen LogP) is 2.79. The number of hydrogen-bond donors (Lipinski definition) is 0. The monoisotopic (exact) mass is 275 g/mol.